The van der Waals surface area contributed by atoms with Crippen LogP contribution in [0.25, 0.3) is 0 Å². The summed E-state index contributed by atoms with van der Waals surface area (Å²) in [5.41, 5.74) is 2.91. The van der Waals surface area contributed by atoms with Gasteiger partial charge in [0.2, 0.25) is 0 Å². The molecule has 38 heavy (non-hydrogen) atoms. The van der Waals surface area contributed by atoms with Crippen LogP contribution < -0.4 is 10.6 Å². The molecular weight excluding hydrogens is 474 g/mol. The summed E-state index contributed by atoms with van der Waals surface area (Å²) in [7, 11) is 0. The Kier molecular flexibility index (Phi) is 6.18. The molecule has 1 saturated heterocycles. The van der Waals surface area contributed by atoms with E-state index in [1.807, 2.05) is 103 Å². The first kappa shape index (κ1) is 23.9. The minimum absolute atomic E-state index is 0.119. The Bertz CT molecular complexity index is 1400. The number of hydrogen-bond acceptors (Lipinski definition) is 4. The molecule has 1 aliphatic carbocycles. The Morgan fingerprint density at radius 1 is 0.842 bits per heavy atom. The standard InChI is InChI=1S/C32H29N3O3/c36-29(28-20-27(28)23-12-4-1-5-13-23)33-26-18-10-11-22(19-26)21-35-30(37)32(34-31(35)38,24-14-6-2-7-15-24)25-16-8-3-9-17-25/h1-19,27-29,33,36H,20-21H2,(H,34,38)/t27-,28+,29?/m0/s1. The second-order valence-corrected chi connectivity index (χ2v) is 10.0. The zero-order valence-electron chi connectivity index (χ0n) is 20.8. The number of hydrogen-bond donors (Lipinski definition) is 3. The lowest BCUT2D eigenvalue weighted by atomic mass is 9.82. The van der Waals surface area contributed by atoms with Gasteiger partial charge in [0.25, 0.3) is 5.91 Å². The summed E-state index contributed by atoms with van der Waals surface area (Å²) in [6.45, 7) is 0.119. The van der Waals surface area contributed by atoms with E-state index in [1.54, 1.807) is 0 Å². The molecule has 0 aromatic heterocycles. The van der Waals surface area contributed by atoms with Crippen molar-refractivity contribution >= 4 is 17.6 Å². The van der Waals surface area contributed by atoms with Crippen molar-refractivity contribution in [3.8, 4) is 0 Å². The number of imide groups is 1. The Morgan fingerprint density at radius 2 is 1.45 bits per heavy atom. The van der Waals surface area contributed by atoms with Crippen molar-refractivity contribution in [3.05, 3.63) is 138 Å². The summed E-state index contributed by atoms with van der Waals surface area (Å²) in [6, 6.07) is 36.0. The summed E-state index contributed by atoms with van der Waals surface area (Å²) in [4.78, 5) is 28.4. The van der Waals surface area contributed by atoms with Gasteiger partial charge in [0.1, 0.15) is 6.23 Å². The van der Waals surface area contributed by atoms with E-state index in [2.05, 4.69) is 22.8 Å². The normalized spacial score (nSPS) is 20.6. The van der Waals surface area contributed by atoms with Crippen LogP contribution in [0.15, 0.2) is 115 Å². The molecule has 1 aliphatic heterocycles. The van der Waals surface area contributed by atoms with E-state index in [-0.39, 0.29) is 18.4 Å². The third kappa shape index (κ3) is 4.33. The first-order valence-electron chi connectivity index (χ1n) is 12.9. The molecule has 0 spiro atoms. The largest absolute Gasteiger partial charge is 0.374 e. The number of carbonyl (C=O) groups excluding carboxylic acids is 2. The first-order valence-corrected chi connectivity index (χ1v) is 12.9. The number of nitrogens with one attached hydrogen (secondary N) is 2. The van der Waals surface area contributed by atoms with Crippen LogP contribution in [0, 0.1) is 5.92 Å². The fourth-order valence-corrected chi connectivity index (χ4v) is 5.52. The highest BCUT2D eigenvalue weighted by molar-refractivity contribution is 6.09. The maximum absolute atomic E-state index is 14.0. The molecule has 1 saturated carbocycles. The van der Waals surface area contributed by atoms with Crippen molar-refractivity contribution in [1.82, 2.24) is 10.2 Å². The van der Waals surface area contributed by atoms with Gasteiger partial charge in [-0.1, -0.05) is 103 Å². The predicted octanol–water partition coefficient (Wildman–Crippen LogP) is 5.22. The number of urea groups is 1. The quantitative estimate of drug-likeness (QED) is 0.228. The van der Waals surface area contributed by atoms with Gasteiger partial charge in [-0.3, -0.25) is 9.69 Å². The molecule has 1 heterocycles. The molecule has 4 aromatic carbocycles. The van der Waals surface area contributed by atoms with E-state index in [0.29, 0.717) is 17.0 Å². The van der Waals surface area contributed by atoms with E-state index in [0.717, 1.165) is 17.7 Å². The maximum Gasteiger partial charge on any atom is 0.325 e. The molecule has 190 valence electrons. The molecule has 2 aliphatic rings. The van der Waals surface area contributed by atoms with Crippen molar-refractivity contribution in [3.63, 3.8) is 0 Å². The average molecular weight is 504 g/mol. The lowest BCUT2D eigenvalue weighted by Crippen LogP contribution is -2.45. The average Bonchev–Trinajstić information content (AvgIpc) is 3.73. The van der Waals surface area contributed by atoms with Gasteiger partial charge < -0.3 is 15.7 Å². The van der Waals surface area contributed by atoms with Crippen LogP contribution in [-0.2, 0) is 16.9 Å². The third-order valence-corrected chi connectivity index (χ3v) is 7.57. The molecule has 3 amide bonds. The Labute approximate surface area is 221 Å². The van der Waals surface area contributed by atoms with Crippen molar-refractivity contribution in [1.29, 1.82) is 0 Å². The van der Waals surface area contributed by atoms with Gasteiger partial charge in [-0.05, 0) is 46.7 Å². The van der Waals surface area contributed by atoms with Crippen molar-refractivity contribution in [2.75, 3.05) is 5.32 Å². The Hall–Kier alpha value is -4.42. The number of amides is 3. The molecule has 2 fully saturated rings. The van der Waals surface area contributed by atoms with E-state index in [9.17, 15) is 14.7 Å². The number of rotatable bonds is 8. The molecule has 3 N–H and O–H groups in total. The van der Waals surface area contributed by atoms with E-state index < -0.39 is 17.8 Å². The van der Waals surface area contributed by atoms with Crippen LogP contribution in [0.3, 0.4) is 0 Å². The summed E-state index contributed by atoms with van der Waals surface area (Å²) >= 11 is 0. The lowest BCUT2D eigenvalue weighted by Gasteiger charge is -2.28. The van der Waals surface area contributed by atoms with E-state index in [1.165, 1.54) is 10.5 Å². The molecule has 1 unspecified atom stereocenters. The number of anilines is 1. The van der Waals surface area contributed by atoms with E-state index >= 15 is 0 Å². The second-order valence-electron chi connectivity index (χ2n) is 10.0. The smallest absolute Gasteiger partial charge is 0.325 e. The number of aliphatic hydroxyl groups is 1. The fraction of sp³-hybridized carbons (Fsp3) is 0.188. The molecule has 0 bridgehead atoms. The minimum Gasteiger partial charge on any atom is -0.374 e. The van der Waals surface area contributed by atoms with Gasteiger partial charge in [-0.25, -0.2) is 4.79 Å². The van der Waals surface area contributed by atoms with Crippen LogP contribution >= 0.6 is 0 Å². The van der Waals surface area contributed by atoms with Crippen molar-refractivity contribution in [2.45, 2.75) is 30.7 Å². The second kappa shape index (κ2) is 9.80. The number of benzene rings is 4. The highest BCUT2D eigenvalue weighted by atomic mass is 16.3. The molecule has 3 atom stereocenters. The topological polar surface area (TPSA) is 81.7 Å². The van der Waals surface area contributed by atoms with Crippen molar-refractivity contribution in [2.24, 2.45) is 5.92 Å². The monoisotopic (exact) mass is 503 g/mol. The Morgan fingerprint density at radius 3 is 2.08 bits per heavy atom. The highest BCUT2D eigenvalue weighted by Gasteiger charge is 2.53. The minimum atomic E-state index is -1.29. The summed E-state index contributed by atoms with van der Waals surface area (Å²) in [6.07, 6.45) is 0.248. The van der Waals surface area contributed by atoms with Gasteiger partial charge >= 0.3 is 6.03 Å². The maximum atomic E-state index is 14.0. The first-order chi connectivity index (χ1) is 18.6. The van der Waals surface area contributed by atoms with Crippen LogP contribution in [0.4, 0.5) is 10.5 Å². The molecule has 6 heteroatoms. The van der Waals surface area contributed by atoms with Gasteiger partial charge in [0, 0.05) is 11.6 Å². The summed E-state index contributed by atoms with van der Waals surface area (Å²) < 4.78 is 0. The SMILES string of the molecule is O=C1NC(c2ccccc2)(c2ccccc2)C(=O)N1Cc1cccc(NC(O)[C@@H]2C[C@H]2c2ccccc2)c1. The molecule has 6 rings (SSSR count). The molecule has 6 nitrogen and oxygen atoms in total. The van der Waals surface area contributed by atoms with Crippen LogP contribution in [0.1, 0.15) is 34.6 Å². The zero-order chi connectivity index (χ0) is 26.1. The third-order valence-electron chi connectivity index (χ3n) is 7.57. The van der Waals surface area contributed by atoms with Gasteiger partial charge in [0.15, 0.2) is 5.54 Å². The zero-order valence-corrected chi connectivity index (χ0v) is 20.8. The fourth-order valence-electron chi connectivity index (χ4n) is 5.52. The summed E-state index contributed by atoms with van der Waals surface area (Å²) in [5.74, 6) is 0.170. The van der Waals surface area contributed by atoms with Gasteiger partial charge in [0.05, 0.1) is 6.54 Å². The predicted molar refractivity (Wildman–Crippen MR) is 146 cm³/mol. The van der Waals surface area contributed by atoms with Crippen LogP contribution in [0.5, 0.6) is 0 Å². The molecule has 4 aromatic rings. The lowest BCUT2D eigenvalue weighted by molar-refractivity contribution is -0.130. The van der Waals surface area contributed by atoms with Crippen LogP contribution in [-0.4, -0.2) is 28.2 Å². The van der Waals surface area contributed by atoms with Gasteiger partial charge in [-0.15, -0.1) is 0 Å². The highest BCUT2D eigenvalue weighted by Crippen LogP contribution is 2.49. The summed E-state index contributed by atoms with van der Waals surface area (Å²) in [5, 5.41) is 17.0. The van der Waals surface area contributed by atoms with Crippen molar-refractivity contribution < 1.29 is 14.7 Å². The molecular formula is C32H29N3O3. The van der Waals surface area contributed by atoms with E-state index in [4.69, 9.17) is 0 Å². The number of nitrogens with zero attached hydrogens (tertiary/aromatic N) is 1. The number of carbonyl (C=O) groups is 2. The van der Waals surface area contributed by atoms with Crippen LogP contribution in [0.2, 0.25) is 0 Å². The number of aliphatic hydroxyl groups excluding tert-OH is 1. The molecule has 0 radical (unpaired) electrons. The Balaban J connectivity index is 1.20. The van der Waals surface area contributed by atoms with Gasteiger partial charge in [-0.2, -0.15) is 0 Å².